The maximum atomic E-state index is 13.4. The highest BCUT2D eigenvalue weighted by atomic mass is 16.5. The van der Waals surface area contributed by atoms with Crippen molar-refractivity contribution in [2.45, 2.75) is 63.7 Å². The SMILES string of the molecule is COc1cc(C23CC4CC(CC(C4)C2)C3)ccc1Nc1ncc2c(C)cc(=O)n(-c3cccc(NC(=O)C4CC4)c3)c2n1. The van der Waals surface area contributed by atoms with E-state index in [1.54, 1.807) is 23.9 Å². The smallest absolute Gasteiger partial charge is 0.257 e. The molecule has 2 aromatic carbocycles. The van der Waals surface area contributed by atoms with Crippen LogP contribution >= 0.6 is 0 Å². The van der Waals surface area contributed by atoms with Crippen LogP contribution in [-0.2, 0) is 10.2 Å². The Bertz CT molecular complexity index is 1790. The van der Waals surface area contributed by atoms with Crippen LogP contribution in [0.4, 0.5) is 17.3 Å². The maximum Gasteiger partial charge on any atom is 0.257 e. The van der Waals surface area contributed by atoms with E-state index in [4.69, 9.17) is 9.72 Å². The lowest BCUT2D eigenvalue weighted by Crippen LogP contribution is -2.48. The molecule has 2 aromatic heterocycles. The molecular formula is C35H37N5O3. The number of aryl methyl sites for hydroxylation is 1. The summed E-state index contributed by atoms with van der Waals surface area (Å²) in [6, 6.07) is 15.5. The molecule has 2 N–H and O–H groups in total. The van der Waals surface area contributed by atoms with Crippen LogP contribution in [0.15, 0.2) is 59.5 Å². The highest BCUT2D eigenvalue weighted by molar-refractivity contribution is 5.94. The van der Waals surface area contributed by atoms with Crippen LogP contribution in [-0.4, -0.2) is 27.6 Å². The molecule has 8 nitrogen and oxygen atoms in total. The van der Waals surface area contributed by atoms with E-state index in [9.17, 15) is 9.59 Å². The number of carbonyl (C=O) groups is 1. The molecular weight excluding hydrogens is 538 g/mol. The lowest BCUT2D eigenvalue weighted by molar-refractivity contribution is -0.117. The fourth-order valence-electron chi connectivity index (χ4n) is 8.58. The van der Waals surface area contributed by atoms with Crippen molar-refractivity contribution in [1.29, 1.82) is 0 Å². The number of hydrogen-bond donors (Lipinski definition) is 2. The first kappa shape index (κ1) is 26.4. The molecule has 0 aliphatic heterocycles. The topological polar surface area (TPSA) is 98.1 Å². The highest BCUT2D eigenvalue weighted by Gasteiger charge is 2.51. The van der Waals surface area contributed by atoms with Gasteiger partial charge >= 0.3 is 0 Å². The number of pyridine rings is 1. The third kappa shape index (κ3) is 4.67. The van der Waals surface area contributed by atoms with Gasteiger partial charge in [0.15, 0.2) is 5.65 Å². The number of anilines is 3. The number of nitrogens with zero attached hydrogens (tertiary/aromatic N) is 3. The van der Waals surface area contributed by atoms with Gasteiger partial charge in [0.25, 0.3) is 5.56 Å². The van der Waals surface area contributed by atoms with Crippen molar-refractivity contribution in [3.8, 4) is 11.4 Å². The normalized spacial score (nSPS) is 25.6. The maximum absolute atomic E-state index is 13.4. The first-order valence-electron chi connectivity index (χ1n) is 15.6. The molecule has 220 valence electrons. The first-order valence-corrected chi connectivity index (χ1v) is 15.6. The predicted molar refractivity (Wildman–Crippen MR) is 167 cm³/mol. The average molecular weight is 576 g/mol. The fraction of sp³-hybridized carbons (Fsp3) is 0.429. The zero-order valence-corrected chi connectivity index (χ0v) is 24.7. The molecule has 43 heavy (non-hydrogen) atoms. The summed E-state index contributed by atoms with van der Waals surface area (Å²) in [5, 5.41) is 7.13. The molecule has 5 saturated carbocycles. The van der Waals surface area contributed by atoms with Crippen LogP contribution in [0.2, 0.25) is 0 Å². The van der Waals surface area contributed by atoms with E-state index in [1.165, 1.54) is 44.1 Å². The van der Waals surface area contributed by atoms with Crippen molar-refractivity contribution in [3.05, 3.63) is 76.2 Å². The predicted octanol–water partition coefficient (Wildman–Crippen LogP) is 6.66. The summed E-state index contributed by atoms with van der Waals surface area (Å²) in [6.07, 6.45) is 11.7. The van der Waals surface area contributed by atoms with Crippen LogP contribution in [0.1, 0.15) is 62.5 Å². The lowest BCUT2D eigenvalue weighted by atomic mass is 9.48. The van der Waals surface area contributed by atoms with Crippen molar-refractivity contribution in [2.24, 2.45) is 23.7 Å². The van der Waals surface area contributed by atoms with Crippen LogP contribution in [0.3, 0.4) is 0 Å². The van der Waals surface area contributed by atoms with Crippen LogP contribution in [0, 0.1) is 30.6 Å². The summed E-state index contributed by atoms with van der Waals surface area (Å²) in [6.45, 7) is 1.89. The number of ether oxygens (including phenoxy) is 1. The van der Waals surface area contributed by atoms with Gasteiger partial charge in [-0.05, 0) is 123 Å². The molecule has 1 amide bonds. The Balaban J connectivity index is 1.13. The molecule has 4 bridgehead atoms. The van der Waals surface area contributed by atoms with Gasteiger partial charge in [-0.3, -0.25) is 14.2 Å². The number of fused-ring (bicyclic) bond motifs is 1. The number of amides is 1. The van der Waals surface area contributed by atoms with E-state index in [0.717, 1.165) is 53.0 Å². The Hall–Kier alpha value is -4.20. The number of methoxy groups -OCH3 is 1. The van der Waals surface area contributed by atoms with Gasteiger partial charge in [0, 0.05) is 29.3 Å². The Morgan fingerprint density at radius 1 is 1.00 bits per heavy atom. The van der Waals surface area contributed by atoms with Gasteiger partial charge in [0.05, 0.1) is 18.5 Å². The van der Waals surface area contributed by atoms with E-state index < -0.39 is 0 Å². The average Bonchev–Trinajstić information content (AvgIpc) is 3.83. The number of aromatic nitrogens is 3. The minimum atomic E-state index is -0.196. The second-order valence-electron chi connectivity index (χ2n) is 13.5. The van der Waals surface area contributed by atoms with Crippen molar-refractivity contribution in [1.82, 2.24) is 14.5 Å². The summed E-state index contributed by atoms with van der Waals surface area (Å²) in [5.74, 6) is 3.89. The van der Waals surface area contributed by atoms with Gasteiger partial charge in [-0.2, -0.15) is 4.98 Å². The standard InChI is InChI=1S/C35H37N5O3/c1-20-10-31(41)40(27-5-3-4-26(15-27)37-33(42)24-6-7-24)32-28(20)19-36-34(39-32)38-29-9-8-25(14-30(29)43-2)35-16-21-11-22(17-35)13-23(12-21)18-35/h3-5,8-10,14-15,19,21-24H,6-7,11-13,16-18H2,1-2H3,(H,37,42)(H,36,38,39). The summed E-state index contributed by atoms with van der Waals surface area (Å²) >= 11 is 0. The van der Waals surface area contributed by atoms with Crippen molar-refractivity contribution < 1.29 is 9.53 Å². The fourth-order valence-corrected chi connectivity index (χ4v) is 8.58. The third-order valence-electron chi connectivity index (χ3n) is 10.4. The molecule has 0 atom stereocenters. The molecule has 4 aromatic rings. The van der Waals surface area contributed by atoms with E-state index in [-0.39, 0.29) is 22.8 Å². The van der Waals surface area contributed by atoms with E-state index >= 15 is 0 Å². The monoisotopic (exact) mass is 575 g/mol. The van der Waals surface area contributed by atoms with Crippen LogP contribution in [0.5, 0.6) is 5.75 Å². The Morgan fingerprint density at radius 3 is 2.44 bits per heavy atom. The number of rotatable bonds is 7. The van der Waals surface area contributed by atoms with Crippen LogP contribution < -0.4 is 20.9 Å². The second-order valence-corrected chi connectivity index (χ2v) is 13.5. The van der Waals surface area contributed by atoms with Gasteiger partial charge in [0.2, 0.25) is 11.9 Å². The molecule has 9 rings (SSSR count). The van der Waals surface area contributed by atoms with Gasteiger partial charge < -0.3 is 15.4 Å². The minimum Gasteiger partial charge on any atom is -0.495 e. The van der Waals surface area contributed by atoms with Gasteiger partial charge in [-0.15, -0.1) is 0 Å². The first-order chi connectivity index (χ1) is 20.9. The molecule has 0 saturated heterocycles. The zero-order chi connectivity index (χ0) is 29.3. The molecule has 5 fully saturated rings. The van der Waals surface area contributed by atoms with Gasteiger partial charge in [0.1, 0.15) is 5.75 Å². The third-order valence-corrected chi connectivity index (χ3v) is 10.4. The van der Waals surface area contributed by atoms with Crippen LogP contribution in [0.25, 0.3) is 16.7 Å². The Kier molecular flexibility index (Phi) is 6.10. The van der Waals surface area contributed by atoms with E-state index in [2.05, 4.69) is 33.8 Å². The quantitative estimate of drug-likeness (QED) is 0.256. The van der Waals surface area contributed by atoms with Gasteiger partial charge in [-0.25, -0.2) is 4.98 Å². The minimum absolute atomic E-state index is 0.0234. The molecule has 0 unspecified atom stereocenters. The van der Waals surface area contributed by atoms with Crippen molar-refractivity contribution in [2.75, 3.05) is 17.7 Å². The largest absolute Gasteiger partial charge is 0.495 e. The van der Waals surface area contributed by atoms with Gasteiger partial charge in [-0.1, -0.05) is 12.1 Å². The molecule has 0 spiro atoms. The number of benzene rings is 2. The zero-order valence-electron chi connectivity index (χ0n) is 24.7. The summed E-state index contributed by atoms with van der Waals surface area (Å²) in [4.78, 5) is 35.2. The Labute approximate surface area is 250 Å². The summed E-state index contributed by atoms with van der Waals surface area (Å²) in [7, 11) is 1.71. The Morgan fingerprint density at radius 2 is 1.74 bits per heavy atom. The lowest BCUT2D eigenvalue weighted by Gasteiger charge is -2.57. The molecule has 5 aliphatic rings. The second kappa shape index (κ2) is 9.93. The highest BCUT2D eigenvalue weighted by Crippen LogP contribution is 2.61. The molecule has 2 heterocycles. The van der Waals surface area contributed by atoms with Crippen molar-refractivity contribution >= 4 is 34.3 Å². The number of hydrogen-bond acceptors (Lipinski definition) is 6. The summed E-state index contributed by atoms with van der Waals surface area (Å²) in [5.41, 5.74) is 4.86. The molecule has 0 radical (unpaired) electrons. The summed E-state index contributed by atoms with van der Waals surface area (Å²) < 4.78 is 7.48. The number of nitrogens with one attached hydrogen (secondary N) is 2. The molecule has 5 aliphatic carbocycles. The number of carbonyl (C=O) groups excluding carboxylic acids is 1. The molecule has 8 heteroatoms. The van der Waals surface area contributed by atoms with E-state index in [1.807, 2.05) is 31.2 Å². The van der Waals surface area contributed by atoms with E-state index in [0.29, 0.717) is 23.0 Å². The van der Waals surface area contributed by atoms with Crippen molar-refractivity contribution in [3.63, 3.8) is 0 Å².